The number of thiophene rings is 1. The summed E-state index contributed by atoms with van der Waals surface area (Å²) in [6, 6.07) is 9.85. The summed E-state index contributed by atoms with van der Waals surface area (Å²) in [5.41, 5.74) is 1.84. The van der Waals surface area contributed by atoms with Gasteiger partial charge >= 0.3 is 0 Å². The Kier molecular flexibility index (Phi) is 6.13. The molecule has 0 spiro atoms. The van der Waals surface area contributed by atoms with Crippen LogP contribution in [0.2, 0.25) is 0 Å². The number of hydrogen-bond acceptors (Lipinski definition) is 5. The van der Waals surface area contributed by atoms with E-state index in [4.69, 9.17) is 4.98 Å². The molecule has 0 bridgehead atoms. The van der Waals surface area contributed by atoms with Crippen molar-refractivity contribution in [3.8, 4) is 11.1 Å². The molecule has 0 aliphatic carbocycles. The maximum Gasteiger partial charge on any atom is 0.263 e. The third kappa shape index (κ3) is 3.99. The van der Waals surface area contributed by atoms with Crippen LogP contribution >= 0.6 is 23.1 Å². The van der Waals surface area contributed by atoms with Crippen LogP contribution in [-0.2, 0) is 11.3 Å². The molecule has 0 aliphatic heterocycles. The van der Waals surface area contributed by atoms with E-state index in [0.29, 0.717) is 28.5 Å². The van der Waals surface area contributed by atoms with Gasteiger partial charge in [0, 0.05) is 24.0 Å². The minimum Gasteiger partial charge on any atom is -0.352 e. The molecule has 0 unspecified atom stereocenters. The lowest BCUT2D eigenvalue weighted by molar-refractivity contribution is -0.120. The van der Waals surface area contributed by atoms with Crippen molar-refractivity contribution in [1.29, 1.82) is 0 Å². The molecule has 1 amide bonds. The number of carbonyl (C=O) groups is 1. The SMILES string of the molecule is C=CCNC(=O)[C@@H](C)Sc1nc2scc(-c3ccccc3)c2c(=O)n1CC. The van der Waals surface area contributed by atoms with Gasteiger partial charge in [-0.05, 0) is 19.4 Å². The average Bonchev–Trinajstić information content (AvgIpc) is 3.11. The Morgan fingerprint density at radius 1 is 1.41 bits per heavy atom. The highest BCUT2D eigenvalue weighted by Gasteiger charge is 2.20. The smallest absolute Gasteiger partial charge is 0.263 e. The number of rotatable bonds is 7. The molecule has 0 saturated heterocycles. The first-order chi connectivity index (χ1) is 13.1. The van der Waals surface area contributed by atoms with E-state index in [-0.39, 0.29) is 16.7 Å². The fourth-order valence-electron chi connectivity index (χ4n) is 2.73. The van der Waals surface area contributed by atoms with Gasteiger partial charge in [-0.2, -0.15) is 0 Å². The molecule has 3 rings (SSSR count). The van der Waals surface area contributed by atoms with E-state index < -0.39 is 0 Å². The van der Waals surface area contributed by atoms with Gasteiger partial charge in [-0.25, -0.2) is 4.98 Å². The van der Waals surface area contributed by atoms with Crippen LogP contribution in [0.3, 0.4) is 0 Å². The van der Waals surface area contributed by atoms with Gasteiger partial charge in [-0.15, -0.1) is 17.9 Å². The Hall–Kier alpha value is -2.38. The Labute approximate surface area is 166 Å². The summed E-state index contributed by atoms with van der Waals surface area (Å²) in [5, 5.41) is 5.60. The second kappa shape index (κ2) is 8.54. The Bertz CT molecular complexity index is 1020. The molecule has 27 heavy (non-hydrogen) atoms. The van der Waals surface area contributed by atoms with Crippen LogP contribution < -0.4 is 10.9 Å². The van der Waals surface area contributed by atoms with Gasteiger partial charge in [-0.3, -0.25) is 14.2 Å². The zero-order valence-electron chi connectivity index (χ0n) is 15.3. The van der Waals surface area contributed by atoms with Crippen molar-refractivity contribution in [1.82, 2.24) is 14.9 Å². The molecule has 1 aromatic carbocycles. The number of fused-ring (bicyclic) bond motifs is 1. The summed E-state index contributed by atoms with van der Waals surface area (Å²) < 4.78 is 1.64. The third-order valence-electron chi connectivity index (χ3n) is 4.13. The molecule has 140 valence electrons. The van der Waals surface area contributed by atoms with Gasteiger partial charge in [-0.1, -0.05) is 48.2 Å². The summed E-state index contributed by atoms with van der Waals surface area (Å²) in [4.78, 5) is 30.7. The zero-order valence-corrected chi connectivity index (χ0v) is 16.9. The molecule has 0 aliphatic rings. The molecular weight excluding hydrogens is 378 g/mol. The molecular formula is C20H21N3O2S2. The van der Waals surface area contributed by atoms with E-state index in [1.165, 1.54) is 23.1 Å². The molecule has 0 radical (unpaired) electrons. The number of benzene rings is 1. The second-order valence-corrected chi connectivity index (χ2v) is 8.10. The minimum atomic E-state index is -0.361. The largest absolute Gasteiger partial charge is 0.352 e. The van der Waals surface area contributed by atoms with E-state index in [1.54, 1.807) is 10.6 Å². The van der Waals surface area contributed by atoms with E-state index in [1.807, 2.05) is 49.6 Å². The first-order valence-electron chi connectivity index (χ1n) is 8.69. The van der Waals surface area contributed by atoms with E-state index in [9.17, 15) is 9.59 Å². The number of nitrogens with one attached hydrogen (secondary N) is 1. The molecule has 2 aromatic heterocycles. The van der Waals surface area contributed by atoms with Crippen LogP contribution in [0.5, 0.6) is 0 Å². The Morgan fingerprint density at radius 2 is 2.15 bits per heavy atom. The Morgan fingerprint density at radius 3 is 2.81 bits per heavy atom. The van der Waals surface area contributed by atoms with Gasteiger partial charge in [0.1, 0.15) is 4.83 Å². The zero-order chi connectivity index (χ0) is 19.4. The van der Waals surface area contributed by atoms with E-state index >= 15 is 0 Å². The van der Waals surface area contributed by atoms with Crippen LogP contribution in [0.1, 0.15) is 13.8 Å². The molecule has 5 nitrogen and oxygen atoms in total. The van der Waals surface area contributed by atoms with Crippen LogP contribution in [-0.4, -0.2) is 27.3 Å². The molecule has 1 atom stereocenters. The summed E-state index contributed by atoms with van der Waals surface area (Å²) in [6.45, 7) is 8.23. The number of nitrogens with zero attached hydrogens (tertiary/aromatic N) is 2. The quantitative estimate of drug-likeness (QED) is 0.371. The average molecular weight is 400 g/mol. The van der Waals surface area contributed by atoms with Crippen LogP contribution in [0.25, 0.3) is 21.3 Å². The van der Waals surface area contributed by atoms with Gasteiger partial charge in [0.05, 0.1) is 10.6 Å². The Balaban J connectivity index is 2.02. The molecule has 0 saturated carbocycles. The third-order valence-corrected chi connectivity index (χ3v) is 6.09. The molecule has 7 heteroatoms. The van der Waals surface area contributed by atoms with Crippen LogP contribution in [0.4, 0.5) is 0 Å². The highest BCUT2D eigenvalue weighted by Crippen LogP contribution is 2.32. The number of aromatic nitrogens is 2. The van der Waals surface area contributed by atoms with Gasteiger partial charge in [0.25, 0.3) is 5.56 Å². The maximum absolute atomic E-state index is 13.2. The summed E-state index contributed by atoms with van der Waals surface area (Å²) in [6.07, 6.45) is 1.64. The number of amides is 1. The van der Waals surface area contributed by atoms with Crippen molar-refractivity contribution in [2.24, 2.45) is 0 Å². The van der Waals surface area contributed by atoms with Crippen molar-refractivity contribution in [3.05, 3.63) is 58.7 Å². The molecule has 2 heterocycles. The lowest BCUT2D eigenvalue weighted by atomic mass is 10.1. The number of hydrogen-bond donors (Lipinski definition) is 1. The molecule has 1 N–H and O–H groups in total. The summed E-state index contributed by atoms with van der Waals surface area (Å²) in [5.74, 6) is -0.104. The highest BCUT2D eigenvalue weighted by atomic mass is 32.2. The maximum atomic E-state index is 13.2. The first kappa shape index (κ1) is 19.4. The van der Waals surface area contributed by atoms with Crippen molar-refractivity contribution in [3.63, 3.8) is 0 Å². The number of carbonyl (C=O) groups excluding carboxylic acids is 1. The van der Waals surface area contributed by atoms with Crippen molar-refractivity contribution >= 4 is 39.2 Å². The minimum absolute atomic E-state index is 0.0659. The fraction of sp³-hybridized carbons (Fsp3) is 0.250. The van der Waals surface area contributed by atoms with Crippen LogP contribution in [0.15, 0.2) is 58.3 Å². The van der Waals surface area contributed by atoms with Gasteiger partial charge < -0.3 is 5.32 Å². The van der Waals surface area contributed by atoms with Crippen molar-refractivity contribution in [2.75, 3.05) is 6.54 Å². The predicted molar refractivity (Wildman–Crippen MR) is 114 cm³/mol. The van der Waals surface area contributed by atoms with Gasteiger partial charge in [0.2, 0.25) is 5.91 Å². The lowest BCUT2D eigenvalue weighted by Gasteiger charge is -2.14. The summed E-state index contributed by atoms with van der Waals surface area (Å²) in [7, 11) is 0. The predicted octanol–water partition coefficient (Wildman–Crippen LogP) is 3.93. The van der Waals surface area contributed by atoms with E-state index in [2.05, 4.69) is 11.9 Å². The second-order valence-electron chi connectivity index (χ2n) is 5.93. The van der Waals surface area contributed by atoms with Crippen molar-refractivity contribution in [2.45, 2.75) is 30.8 Å². The monoisotopic (exact) mass is 399 g/mol. The molecule has 0 fully saturated rings. The molecule has 3 aromatic rings. The lowest BCUT2D eigenvalue weighted by Crippen LogP contribution is -2.32. The van der Waals surface area contributed by atoms with Gasteiger partial charge in [0.15, 0.2) is 5.16 Å². The van der Waals surface area contributed by atoms with Crippen LogP contribution in [0, 0.1) is 0 Å². The normalized spacial score (nSPS) is 12.1. The topological polar surface area (TPSA) is 64.0 Å². The van der Waals surface area contributed by atoms with Crippen molar-refractivity contribution < 1.29 is 4.79 Å². The standard InChI is InChI=1S/C20H21N3O2S2/c1-4-11-21-17(24)13(3)27-20-22-18-16(19(25)23(20)5-2)15(12-26-18)14-9-7-6-8-10-14/h4,6-10,12-13H,1,5,11H2,2-3H3,(H,21,24)/t13-/m1/s1. The summed E-state index contributed by atoms with van der Waals surface area (Å²) >= 11 is 2.75. The highest BCUT2D eigenvalue weighted by molar-refractivity contribution is 8.00. The number of thioether (sulfide) groups is 1. The fourth-order valence-corrected chi connectivity index (χ4v) is 4.72. The van der Waals surface area contributed by atoms with E-state index in [0.717, 1.165) is 11.1 Å². The first-order valence-corrected chi connectivity index (χ1v) is 10.5.